The molecule has 1 aliphatic rings. The molecule has 1 fully saturated rings. The van der Waals surface area contributed by atoms with E-state index in [4.69, 9.17) is 16.3 Å². The first kappa shape index (κ1) is 7.36. The Bertz CT molecular complexity index is 79.0. The summed E-state index contributed by atoms with van der Waals surface area (Å²) >= 11 is 5.58. The largest absolute Gasteiger partial charge is 0.363 e. The summed E-state index contributed by atoms with van der Waals surface area (Å²) in [6, 6.07) is 0. The fourth-order valence-electron chi connectivity index (χ4n) is 0.928. The second-order valence-electron chi connectivity index (χ2n) is 2.67. The fraction of sp³-hybridized carbons (Fsp3) is 1.00. The van der Waals surface area contributed by atoms with Gasteiger partial charge in [-0.25, -0.2) is 0 Å². The summed E-state index contributed by atoms with van der Waals surface area (Å²) in [5.41, 5.74) is -0.106. The highest BCUT2D eigenvalue weighted by atomic mass is 35.5. The van der Waals surface area contributed by atoms with Crippen LogP contribution in [0.15, 0.2) is 0 Å². The lowest BCUT2D eigenvalue weighted by Crippen LogP contribution is -2.19. The van der Waals surface area contributed by atoms with Gasteiger partial charge >= 0.3 is 0 Å². The van der Waals surface area contributed by atoms with Crippen LogP contribution in [0.2, 0.25) is 0 Å². The molecule has 0 heterocycles. The number of alkyl halides is 1. The third kappa shape index (κ3) is 2.55. The molecule has 2 heteroatoms. The topological polar surface area (TPSA) is 9.23 Å². The Morgan fingerprint density at radius 3 is 2.67 bits per heavy atom. The molecule has 0 amide bonds. The van der Waals surface area contributed by atoms with Crippen LogP contribution >= 0.6 is 11.6 Å². The monoisotopic (exact) mass is 148 g/mol. The highest BCUT2D eigenvalue weighted by molar-refractivity contribution is 6.19. The van der Waals surface area contributed by atoms with E-state index >= 15 is 0 Å². The summed E-state index contributed by atoms with van der Waals surface area (Å²) in [4.78, 5) is 0. The van der Waals surface area contributed by atoms with Gasteiger partial charge in [0.05, 0.1) is 6.61 Å². The highest BCUT2D eigenvalue weighted by Gasteiger charge is 2.17. The average molecular weight is 149 g/mol. The van der Waals surface area contributed by atoms with E-state index in [1.165, 1.54) is 19.3 Å². The fourth-order valence-corrected chi connectivity index (χ4v) is 1.00. The molecule has 0 aliphatic heterocycles. The molecular formula is C7H13ClO. The summed E-state index contributed by atoms with van der Waals surface area (Å²) in [6.07, 6.45) is 4.05. The molecule has 9 heavy (non-hydrogen) atoms. The normalized spacial score (nSPS) is 23.3. The van der Waals surface area contributed by atoms with E-state index in [0.717, 1.165) is 12.5 Å². The zero-order valence-electron chi connectivity index (χ0n) is 5.77. The first-order valence-corrected chi connectivity index (χ1v) is 3.98. The standard InChI is InChI=1S/C7H13ClO/c1-6(8)9-5-7-3-2-4-7/h6-7H,2-5H2,1H3. The number of hydrogen-bond donors (Lipinski definition) is 0. The number of halogens is 1. The zero-order chi connectivity index (χ0) is 6.69. The Morgan fingerprint density at radius 1 is 1.67 bits per heavy atom. The van der Waals surface area contributed by atoms with Crippen molar-refractivity contribution < 1.29 is 4.74 Å². The predicted octanol–water partition coefficient (Wildman–Crippen LogP) is 2.39. The first-order chi connectivity index (χ1) is 4.29. The van der Waals surface area contributed by atoms with Crippen molar-refractivity contribution in [3.05, 3.63) is 0 Å². The van der Waals surface area contributed by atoms with Crippen molar-refractivity contribution >= 4 is 11.6 Å². The minimum Gasteiger partial charge on any atom is -0.363 e. The smallest absolute Gasteiger partial charge is 0.128 e. The van der Waals surface area contributed by atoms with Crippen molar-refractivity contribution in [1.82, 2.24) is 0 Å². The minimum atomic E-state index is -0.106. The van der Waals surface area contributed by atoms with Gasteiger partial charge in [0, 0.05) is 0 Å². The van der Waals surface area contributed by atoms with Gasteiger partial charge in [0.1, 0.15) is 5.56 Å². The molecule has 0 radical (unpaired) electrons. The molecule has 1 rings (SSSR count). The van der Waals surface area contributed by atoms with Crippen LogP contribution in [0.25, 0.3) is 0 Å². The van der Waals surface area contributed by atoms with E-state index in [9.17, 15) is 0 Å². The van der Waals surface area contributed by atoms with E-state index in [0.29, 0.717) is 0 Å². The van der Waals surface area contributed by atoms with Crippen LogP contribution < -0.4 is 0 Å². The van der Waals surface area contributed by atoms with Crippen LogP contribution in [0.1, 0.15) is 26.2 Å². The van der Waals surface area contributed by atoms with Gasteiger partial charge in [0.15, 0.2) is 0 Å². The molecule has 1 saturated carbocycles. The molecule has 0 N–H and O–H groups in total. The second kappa shape index (κ2) is 3.43. The van der Waals surface area contributed by atoms with Gasteiger partial charge in [-0.1, -0.05) is 18.0 Å². The predicted molar refractivity (Wildman–Crippen MR) is 38.6 cm³/mol. The van der Waals surface area contributed by atoms with E-state index in [1.807, 2.05) is 6.92 Å². The Balaban J connectivity index is 1.91. The van der Waals surface area contributed by atoms with Crippen molar-refractivity contribution in [3.63, 3.8) is 0 Å². The molecule has 1 atom stereocenters. The second-order valence-corrected chi connectivity index (χ2v) is 3.29. The van der Waals surface area contributed by atoms with E-state index in [2.05, 4.69) is 0 Å². The summed E-state index contributed by atoms with van der Waals surface area (Å²) in [7, 11) is 0. The number of hydrogen-bond acceptors (Lipinski definition) is 1. The number of rotatable bonds is 3. The van der Waals surface area contributed by atoms with E-state index < -0.39 is 0 Å². The molecule has 0 saturated heterocycles. The Labute approximate surface area is 61.3 Å². The molecule has 0 spiro atoms. The van der Waals surface area contributed by atoms with Gasteiger partial charge in [0.25, 0.3) is 0 Å². The molecular weight excluding hydrogens is 136 g/mol. The van der Waals surface area contributed by atoms with Crippen molar-refractivity contribution in [3.8, 4) is 0 Å². The third-order valence-electron chi connectivity index (χ3n) is 1.79. The van der Waals surface area contributed by atoms with Crippen LogP contribution in [-0.2, 0) is 4.74 Å². The molecule has 54 valence electrons. The quantitative estimate of drug-likeness (QED) is 0.559. The molecule has 1 nitrogen and oxygen atoms in total. The summed E-state index contributed by atoms with van der Waals surface area (Å²) in [5, 5.41) is 0. The lowest BCUT2D eigenvalue weighted by molar-refractivity contribution is 0.0589. The van der Waals surface area contributed by atoms with Crippen LogP contribution in [0, 0.1) is 5.92 Å². The van der Waals surface area contributed by atoms with Crippen molar-refractivity contribution in [2.45, 2.75) is 31.7 Å². The molecule has 0 bridgehead atoms. The maximum atomic E-state index is 5.58. The molecule has 0 aromatic rings. The molecule has 0 aromatic carbocycles. The Hall–Kier alpha value is 0.250. The van der Waals surface area contributed by atoms with Gasteiger partial charge in [-0.3, -0.25) is 0 Å². The van der Waals surface area contributed by atoms with Crippen LogP contribution in [-0.4, -0.2) is 12.2 Å². The van der Waals surface area contributed by atoms with Gasteiger partial charge in [-0.2, -0.15) is 0 Å². The van der Waals surface area contributed by atoms with Crippen LogP contribution in [0.4, 0.5) is 0 Å². The molecule has 1 unspecified atom stereocenters. The maximum Gasteiger partial charge on any atom is 0.128 e. The average Bonchev–Trinajstić information content (AvgIpc) is 1.60. The van der Waals surface area contributed by atoms with Crippen molar-refractivity contribution in [1.29, 1.82) is 0 Å². The molecule has 1 aliphatic carbocycles. The van der Waals surface area contributed by atoms with Gasteiger partial charge in [-0.05, 0) is 25.7 Å². The third-order valence-corrected chi connectivity index (χ3v) is 1.91. The Morgan fingerprint density at radius 2 is 2.33 bits per heavy atom. The summed E-state index contributed by atoms with van der Waals surface area (Å²) in [5.74, 6) is 0.811. The zero-order valence-corrected chi connectivity index (χ0v) is 6.53. The highest BCUT2D eigenvalue weighted by Crippen LogP contribution is 2.26. The molecule has 0 aromatic heterocycles. The Kier molecular flexibility index (Phi) is 2.80. The summed E-state index contributed by atoms with van der Waals surface area (Å²) in [6.45, 7) is 2.73. The maximum absolute atomic E-state index is 5.58. The van der Waals surface area contributed by atoms with Crippen LogP contribution in [0.5, 0.6) is 0 Å². The number of ether oxygens (including phenoxy) is 1. The lowest BCUT2D eigenvalue weighted by Gasteiger charge is -2.25. The van der Waals surface area contributed by atoms with Crippen molar-refractivity contribution in [2.24, 2.45) is 5.92 Å². The van der Waals surface area contributed by atoms with E-state index in [1.54, 1.807) is 0 Å². The minimum absolute atomic E-state index is 0.106. The van der Waals surface area contributed by atoms with Gasteiger partial charge in [0.2, 0.25) is 0 Å². The van der Waals surface area contributed by atoms with E-state index in [-0.39, 0.29) is 5.56 Å². The van der Waals surface area contributed by atoms with Crippen molar-refractivity contribution in [2.75, 3.05) is 6.61 Å². The van der Waals surface area contributed by atoms with Gasteiger partial charge in [-0.15, -0.1) is 0 Å². The van der Waals surface area contributed by atoms with Gasteiger partial charge < -0.3 is 4.74 Å². The first-order valence-electron chi connectivity index (χ1n) is 3.54. The van der Waals surface area contributed by atoms with Crippen LogP contribution in [0.3, 0.4) is 0 Å². The SMILES string of the molecule is CC(Cl)OCC1CCC1. The lowest BCUT2D eigenvalue weighted by atomic mass is 9.86. The summed E-state index contributed by atoms with van der Waals surface area (Å²) < 4.78 is 5.21.